The van der Waals surface area contributed by atoms with Gasteiger partial charge in [0, 0.05) is 37.6 Å². The monoisotopic (exact) mass is 424 g/mol. The number of aryl methyl sites for hydroxylation is 2. The molecule has 4 rings (SSSR count). The van der Waals surface area contributed by atoms with Crippen molar-refractivity contribution in [3.63, 3.8) is 0 Å². The average molecular weight is 425 g/mol. The van der Waals surface area contributed by atoms with Crippen molar-refractivity contribution in [1.82, 2.24) is 29.8 Å². The Kier molecular flexibility index (Phi) is 6.73. The number of rotatable bonds is 8. The molecule has 0 spiro atoms. The highest BCUT2D eigenvalue weighted by Gasteiger charge is 2.12. The van der Waals surface area contributed by atoms with Crippen LogP contribution in [0.4, 0.5) is 0 Å². The molecule has 0 unspecified atom stereocenters. The largest absolute Gasteiger partial charge is 0.492 e. The first kappa shape index (κ1) is 21.2. The molecule has 1 aliphatic heterocycles. The van der Waals surface area contributed by atoms with Crippen molar-refractivity contribution in [2.75, 3.05) is 39.5 Å². The number of fused-ring (bicyclic) bond motifs is 1. The van der Waals surface area contributed by atoms with E-state index in [0.29, 0.717) is 24.8 Å². The fourth-order valence-electron chi connectivity index (χ4n) is 3.55. The number of morpholine rings is 1. The van der Waals surface area contributed by atoms with E-state index >= 15 is 0 Å². The van der Waals surface area contributed by atoms with Crippen molar-refractivity contribution >= 4 is 11.7 Å². The zero-order valence-corrected chi connectivity index (χ0v) is 18.0. The molecule has 2 aromatic heterocycles. The molecule has 3 aromatic rings. The van der Waals surface area contributed by atoms with Gasteiger partial charge in [-0.15, -0.1) is 5.10 Å². The molecule has 0 atom stereocenters. The number of hydrogen-bond acceptors (Lipinski definition) is 7. The van der Waals surface area contributed by atoms with Crippen LogP contribution in [0.25, 0.3) is 5.78 Å². The highest BCUT2D eigenvalue weighted by atomic mass is 16.5. The van der Waals surface area contributed by atoms with Crippen molar-refractivity contribution in [2.24, 2.45) is 0 Å². The predicted octanol–water partition coefficient (Wildman–Crippen LogP) is 1.31. The van der Waals surface area contributed by atoms with E-state index in [1.807, 2.05) is 44.2 Å². The lowest BCUT2D eigenvalue weighted by Gasteiger charge is -2.26. The van der Waals surface area contributed by atoms with E-state index in [9.17, 15) is 4.79 Å². The third-order valence-electron chi connectivity index (χ3n) is 5.15. The van der Waals surface area contributed by atoms with Gasteiger partial charge in [0.15, 0.2) is 5.82 Å². The minimum atomic E-state index is -0.135. The summed E-state index contributed by atoms with van der Waals surface area (Å²) in [5.41, 5.74) is 2.79. The molecular weight excluding hydrogens is 396 g/mol. The average Bonchev–Trinajstić information content (AvgIpc) is 3.16. The first-order chi connectivity index (χ1) is 15.1. The number of ether oxygens (including phenoxy) is 2. The maximum atomic E-state index is 12.4. The molecule has 0 saturated carbocycles. The number of benzene rings is 1. The third-order valence-corrected chi connectivity index (χ3v) is 5.15. The molecule has 9 nitrogen and oxygen atoms in total. The number of nitrogens with one attached hydrogen (secondary N) is 1. The molecule has 0 bridgehead atoms. The summed E-state index contributed by atoms with van der Waals surface area (Å²) in [7, 11) is 0. The summed E-state index contributed by atoms with van der Waals surface area (Å²) in [5.74, 6) is 1.64. The zero-order valence-electron chi connectivity index (χ0n) is 18.0. The SMILES string of the molecule is Cc1cc(C)n2nc(CC(=O)NCc3cccc(OCCN4CCOCC4)c3)nc2n1. The number of carbonyl (C=O) groups excluding carboxylic acids is 1. The summed E-state index contributed by atoms with van der Waals surface area (Å²) < 4.78 is 12.9. The molecule has 1 N–H and O–H groups in total. The lowest BCUT2D eigenvalue weighted by atomic mass is 10.2. The van der Waals surface area contributed by atoms with E-state index in [0.717, 1.165) is 55.5 Å². The Morgan fingerprint density at radius 3 is 2.87 bits per heavy atom. The minimum absolute atomic E-state index is 0.109. The molecule has 9 heteroatoms. The Morgan fingerprint density at radius 1 is 1.19 bits per heavy atom. The van der Waals surface area contributed by atoms with Gasteiger partial charge < -0.3 is 14.8 Å². The van der Waals surface area contributed by atoms with Crippen LogP contribution in [-0.4, -0.2) is 69.8 Å². The normalized spacial score (nSPS) is 14.6. The summed E-state index contributed by atoms with van der Waals surface area (Å²) in [6.45, 7) is 9.25. The molecular formula is C22H28N6O3. The van der Waals surface area contributed by atoms with Crippen LogP contribution in [0.5, 0.6) is 5.75 Å². The highest BCUT2D eigenvalue weighted by Crippen LogP contribution is 2.13. The standard InChI is InChI=1S/C22H28N6O3/c1-16-12-17(2)28-22(24-16)25-20(26-28)14-21(29)23-15-18-4-3-5-19(13-18)31-11-8-27-6-9-30-10-7-27/h3-5,12-13H,6-11,14-15H2,1-2H3,(H,23,29). The van der Waals surface area contributed by atoms with Gasteiger partial charge in [-0.3, -0.25) is 9.69 Å². The Bertz CT molecular complexity index is 1040. The molecule has 1 aliphatic rings. The number of aromatic nitrogens is 4. The van der Waals surface area contributed by atoms with Crippen molar-refractivity contribution < 1.29 is 14.3 Å². The minimum Gasteiger partial charge on any atom is -0.492 e. The number of hydrogen-bond donors (Lipinski definition) is 1. The van der Waals surface area contributed by atoms with E-state index in [1.54, 1.807) is 4.52 Å². The number of nitrogens with zero attached hydrogens (tertiary/aromatic N) is 5. The van der Waals surface area contributed by atoms with Gasteiger partial charge in [0.25, 0.3) is 5.78 Å². The smallest absolute Gasteiger partial charge is 0.252 e. The summed E-state index contributed by atoms with van der Waals surface area (Å²) in [6, 6.07) is 9.73. The summed E-state index contributed by atoms with van der Waals surface area (Å²) in [5, 5.41) is 7.31. The van der Waals surface area contributed by atoms with E-state index in [2.05, 4.69) is 25.3 Å². The van der Waals surface area contributed by atoms with Crippen LogP contribution in [0, 0.1) is 13.8 Å². The Balaban J connectivity index is 1.26. The van der Waals surface area contributed by atoms with E-state index < -0.39 is 0 Å². The lowest BCUT2D eigenvalue weighted by molar-refractivity contribution is -0.120. The first-order valence-electron chi connectivity index (χ1n) is 10.6. The molecule has 1 saturated heterocycles. The predicted molar refractivity (Wildman–Crippen MR) is 115 cm³/mol. The van der Waals surface area contributed by atoms with Crippen LogP contribution < -0.4 is 10.1 Å². The second-order valence-corrected chi connectivity index (χ2v) is 7.68. The van der Waals surface area contributed by atoms with Gasteiger partial charge in [0.1, 0.15) is 12.4 Å². The number of carbonyl (C=O) groups is 1. The number of amides is 1. The van der Waals surface area contributed by atoms with Crippen LogP contribution in [-0.2, 0) is 22.5 Å². The Hall–Kier alpha value is -3.04. The van der Waals surface area contributed by atoms with E-state index in [4.69, 9.17) is 9.47 Å². The highest BCUT2D eigenvalue weighted by molar-refractivity contribution is 5.77. The first-order valence-corrected chi connectivity index (χ1v) is 10.6. The Labute approximate surface area is 181 Å². The van der Waals surface area contributed by atoms with Crippen molar-refractivity contribution in [3.8, 4) is 5.75 Å². The molecule has 1 aromatic carbocycles. The Morgan fingerprint density at radius 2 is 2.03 bits per heavy atom. The maximum Gasteiger partial charge on any atom is 0.252 e. The van der Waals surface area contributed by atoms with E-state index in [-0.39, 0.29) is 12.3 Å². The van der Waals surface area contributed by atoms with Gasteiger partial charge in [-0.25, -0.2) is 9.50 Å². The summed E-state index contributed by atoms with van der Waals surface area (Å²) in [6.07, 6.45) is 0.109. The molecule has 0 radical (unpaired) electrons. The topological polar surface area (TPSA) is 93.9 Å². The molecule has 31 heavy (non-hydrogen) atoms. The molecule has 1 fully saturated rings. The van der Waals surface area contributed by atoms with Gasteiger partial charge in [0.05, 0.1) is 19.6 Å². The zero-order chi connectivity index (χ0) is 21.6. The van der Waals surface area contributed by atoms with Gasteiger partial charge >= 0.3 is 0 Å². The molecule has 1 amide bonds. The van der Waals surface area contributed by atoms with Gasteiger partial charge in [0.2, 0.25) is 5.91 Å². The molecule has 0 aliphatic carbocycles. The second kappa shape index (κ2) is 9.84. The van der Waals surface area contributed by atoms with Crippen molar-refractivity contribution in [3.05, 3.63) is 53.1 Å². The van der Waals surface area contributed by atoms with Crippen LogP contribution in [0.3, 0.4) is 0 Å². The quantitative estimate of drug-likeness (QED) is 0.583. The van der Waals surface area contributed by atoms with Gasteiger partial charge in [-0.2, -0.15) is 4.98 Å². The van der Waals surface area contributed by atoms with Crippen LogP contribution in [0.2, 0.25) is 0 Å². The molecule has 164 valence electrons. The molecule has 3 heterocycles. The maximum absolute atomic E-state index is 12.4. The summed E-state index contributed by atoms with van der Waals surface area (Å²) in [4.78, 5) is 23.4. The van der Waals surface area contributed by atoms with Crippen LogP contribution >= 0.6 is 0 Å². The van der Waals surface area contributed by atoms with Crippen molar-refractivity contribution in [2.45, 2.75) is 26.8 Å². The van der Waals surface area contributed by atoms with Gasteiger partial charge in [-0.05, 0) is 37.6 Å². The van der Waals surface area contributed by atoms with Crippen molar-refractivity contribution in [1.29, 1.82) is 0 Å². The fourth-order valence-corrected chi connectivity index (χ4v) is 3.55. The van der Waals surface area contributed by atoms with E-state index in [1.165, 1.54) is 0 Å². The fraction of sp³-hybridized carbons (Fsp3) is 0.455. The van der Waals surface area contributed by atoms with Crippen LogP contribution in [0.1, 0.15) is 22.8 Å². The lowest BCUT2D eigenvalue weighted by Crippen LogP contribution is -2.38. The third kappa shape index (κ3) is 5.77. The summed E-state index contributed by atoms with van der Waals surface area (Å²) >= 11 is 0. The van der Waals surface area contributed by atoms with Gasteiger partial charge in [-0.1, -0.05) is 12.1 Å². The van der Waals surface area contributed by atoms with Crippen LogP contribution in [0.15, 0.2) is 30.3 Å². The second-order valence-electron chi connectivity index (χ2n) is 7.68.